The Morgan fingerprint density at radius 2 is 1.59 bits per heavy atom. The maximum atomic E-state index is 9.49. The Kier molecular flexibility index (Phi) is 20.4. The van der Waals surface area contributed by atoms with Gasteiger partial charge in [-0.3, -0.25) is 4.18 Å². The average Bonchev–Trinajstić information content (AvgIpc) is 2.38. The van der Waals surface area contributed by atoms with E-state index < -0.39 is 11.4 Å². The fourth-order valence-corrected chi connectivity index (χ4v) is 0.982. The third kappa shape index (κ3) is 18.3. The van der Waals surface area contributed by atoms with Gasteiger partial charge in [-0.25, -0.2) is 4.21 Å². The van der Waals surface area contributed by atoms with Gasteiger partial charge in [0.1, 0.15) is 0 Å². The molecule has 0 heterocycles. The minimum atomic E-state index is -2.39. The highest BCUT2D eigenvalue weighted by Crippen LogP contribution is 1.97. The molecule has 4 nitrogen and oxygen atoms in total. The standard InChI is InChI=1S/C7H18N.C3H6O3S.C2H6/c1-5-8(4,6-2)7-3;1-2-3-6-7(4)5;1-2/h5-7H2,1-4H3;2H,1,3H2,(H,4,5);1-2H3/q+1;;/p-1. The van der Waals surface area contributed by atoms with Gasteiger partial charge in [-0.15, -0.1) is 6.58 Å². The van der Waals surface area contributed by atoms with Crippen LogP contribution in [0, 0.1) is 0 Å². The van der Waals surface area contributed by atoms with Gasteiger partial charge in [-0.1, -0.05) is 19.9 Å². The number of nitrogens with zero attached hydrogens (tertiary/aromatic N) is 1. The first-order chi connectivity index (χ1) is 7.95. The topological polar surface area (TPSA) is 49.4 Å². The fourth-order valence-electron chi connectivity index (χ4n) is 0.774. The molecule has 0 fully saturated rings. The van der Waals surface area contributed by atoms with Crippen LogP contribution < -0.4 is 0 Å². The summed E-state index contributed by atoms with van der Waals surface area (Å²) in [6.07, 6.45) is 1.36. The van der Waals surface area contributed by atoms with Gasteiger partial charge in [-0.2, -0.15) is 0 Å². The molecular weight excluding hydrogens is 238 g/mol. The lowest BCUT2D eigenvalue weighted by Crippen LogP contribution is -2.42. The molecule has 0 bridgehead atoms. The van der Waals surface area contributed by atoms with Crippen LogP contribution in [0.25, 0.3) is 0 Å². The van der Waals surface area contributed by atoms with E-state index in [2.05, 4.69) is 38.6 Å². The Labute approximate surface area is 110 Å². The highest BCUT2D eigenvalue weighted by molar-refractivity contribution is 7.74. The van der Waals surface area contributed by atoms with Crippen molar-refractivity contribution in [3.63, 3.8) is 0 Å². The number of hydrogen-bond acceptors (Lipinski definition) is 3. The van der Waals surface area contributed by atoms with Crippen LogP contribution >= 0.6 is 0 Å². The molecule has 0 amide bonds. The molecule has 1 atom stereocenters. The van der Waals surface area contributed by atoms with Crippen molar-refractivity contribution in [2.45, 2.75) is 34.6 Å². The van der Waals surface area contributed by atoms with Crippen molar-refractivity contribution in [2.24, 2.45) is 0 Å². The first kappa shape index (κ1) is 22.0. The summed E-state index contributed by atoms with van der Waals surface area (Å²) >= 11 is -2.39. The van der Waals surface area contributed by atoms with Crippen molar-refractivity contribution in [1.82, 2.24) is 0 Å². The second-order valence-corrected chi connectivity index (χ2v) is 3.99. The predicted octanol–water partition coefficient (Wildman–Crippen LogP) is 2.50. The van der Waals surface area contributed by atoms with E-state index >= 15 is 0 Å². The van der Waals surface area contributed by atoms with E-state index in [1.54, 1.807) is 0 Å². The fraction of sp³-hybridized carbons (Fsp3) is 0.833. The summed E-state index contributed by atoms with van der Waals surface area (Å²) in [5.41, 5.74) is 0. The number of rotatable bonds is 6. The van der Waals surface area contributed by atoms with Crippen molar-refractivity contribution < 1.29 is 17.4 Å². The largest absolute Gasteiger partial charge is 0.750 e. The smallest absolute Gasteiger partial charge is 0.0845 e. The van der Waals surface area contributed by atoms with Crippen LogP contribution in [-0.2, 0) is 15.5 Å². The lowest BCUT2D eigenvalue weighted by atomic mass is 10.4. The lowest BCUT2D eigenvalue weighted by molar-refractivity contribution is -0.904. The number of hydrogen-bond donors (Lipinski definition) is 0. The molecule has 0 aliphatic rings. The predicted molar refractivity (Wildman–Crippen MR) is 74.2 cm³/mol. The monoisotopic (exact) mass is 267 g/mol. The Hall–Kier alpha value is -0.230. The highest BCUT2D eigenvalue weighted by atomic mass is 32.2. The van der Waals surface area contributed by atoms with E-state index in [1.807, 2.05) is 13.8 Å². The van der Waals surface area contributed by atoms with Gasteiger partial charge in [0.05, 0.1) is 44.7 Å². The summed E-state index contributed by atoms with van der Waals surface area (Å²) < 4.78 is 24.2. The molecule has 1 unspecified atom stereocenters. The van der Waals surface area contributed by atoms with E-state index in [0.717, 1.165) is 0 Å². The van der Waals surface area contributed by atoms with Crippen molar-refractivity contribution in [3.8, 4) is 0 Å². The Morgan fingerprint density at radius 3 is 1.65 bits per heavy atom. The van der Waals surface area contributed by atoms with Crippen LogP contribution in [-0.4, -0.2) is 46.5 Å². The van der Waals surface area contributed by atoms with Gasteiger partial charge in [0.25, 0.3) is 0 Å². The van der Waals surface area contributed by atoms with E-state index in [4.69, 9.17) is 0 Å². The quantitative estimate of drug-likeness (QED) is 0.422. The lowest BCUT2D eigenvalue weighted by Gasteiger charge is -2.30. The number of quaternary nitrogens is 1. The molecule has 0 N–H and O–H groups in total. The SMILES string of the molecule is C=CCOS(=O)[O-].CC.CC[N+](C)(CC)CC. The normalized spacial score (nSPS) is 11.5. The molecule has 0 aromatic rings. The van der Waals surface area contributed by atoms with Crippen LogP contribution in [0.2, 0.25) is 0 Å². The van der Waals surface area contributed by atoms with E-state index in [-0.39, 0.29) is 6.61 Å². The first-order valence-corrected chi connectivity index (χ1v) is 7.12. The maximum absolute atomic E-state index is 9.49. The molecule has 0 aromatic heterocycles. The van der Waals surface area contributed by atoms with Crippen LogP contribution in [0.4, 0.5) is 0 Å². The summed E-state index contributed by atoms with van der Waals surface area (Å²) in [5, 5.41) is 0. The molecule has 17 heavy (non-hydrogen) atoms. The summed E-state index contributed by atoms with van der Waals surface area (Å²) in [4.78, 5) is 0. The van der Waals surface area contributed by atoms with Gasteiger partial charge in [0.2, 0.25) is 0 Å². The average molecular weight is 267 g/mol. The van der Waals surface area contributed by atoms with Crippen LogP contribution in [0.1, 0.15) is 34.6 Å². The van der Waals surface area contributed by atoms with E-state index in [1.165, 1.54) is 30.2 Å². The minimum Gasteiger partial charge on any atom is -0.750 e. The second kappa shape index (κ2) is 15.8. The summed E-state index contributed by atoms with van der Waals surface area (Å²) in [5.74, 6) is 0. The zero-order chi connectivity index (χ0) is 14.3. The van der Waals surface area contributed by atoms with Gasteiger partial charge in [0.15, 0.2) is 0 Å². The molecule has 0 rings (SSSR count). The molecule has 0 saturated carbocycles. The second-order valence-electron chi connectivity index (χ2n) is 3.35. The Bertz CT molecular complexity index is 174. The highest BCUT2D eigenvalue weighted by Gasteiger charge is 2.10. The summed E-state index contributed by atoms with van der Waals surface area (Å²) in [6, 6.07) is 0. The Balaban J connectivity index is -0.000000202. The zero-order valence-corrected chi connectivity index (χ0v) is 13.0. The molecule has 0 aliphatic heterocycles. The molecule has 0 radical (unpaired) electrons. The molecule has 106 valence electrons. The van der Waals surface area contributed by atoms with E-state index in [9.17, 15) is 8.76 Å². The van der Waals surface area contributed by atoms with Crippen molar-refractivity contribution >= 4 is 11.4 Å². The molecule has 0 aliphatic carbocycles. The zero-order valence-electron chi connectivity index (χ0n) is 12.2. The Morgan fingerprint density at radius 1 is 1.24 bits per heavy atom. The van der Waals surface area contributed by atoms with Gasteiger partial charge in [0, 0.05) is 0 Å². The molecule has 5 heteroatoms. The van der Waals surface area contributed by atoms with Gasteiger partial charge < -0.3 is 9.04 Å². The van der Waals surface area contributed by atoms with Crippen molar-refractivity contribution in [3.05, 3.63) is 12.7 Å². The van der Waals surface area contributed by atoms with Crippen LogP contribution in [0.5, 0.6) is 0 Å². The van der Waals surface area contributed by atoms with Crippen LogP contribution in [0.15, 0.2) is 12.7 Å². The summed E-state index contributed by atoms with van der Waals surface area (Å²) in [6.45, 7) is 17.8. The van der Waals surface area contributed by atoms with Gasteiger partial charge in [-0.05, 0) is 20.8 Å². The molecule has 0 aromatic carbocycles. The van der Waals surface area contributed by atoms with Crippen molar-refractivity contribution in [1.29, 1.82) is 0 Å². The molecule has 0 spiro atoms. The third-order valence-corrected chi connectivity index (χ3v) is 2.90. The molecular formula is C12H29NO3S. The van der Waals surface area contributed by atoms with Gasteiger partial charge >= 0.3 is 0 Å². The minimum absolute atomic E-state index is 0.0517. The first-order valence-electron chi connectivity index (χ1n) is 6.12. The molecule has 0 saturated heterocycles. The summed E-state index contributed by atoms with van der Waals surface area (Å²) in [7, 11) is 2.29. The maximum Gasteiger partial charge on any atom is 0.0845 e. The van der Waals surface area contributed by atoms with Crippen LogP contribution in [0.3, 0.4) is 0 Å². The van der Waals surface area contributed by atoms with Crippen molar-refractivity contribution in [2.75, 3.05) is 33.3 Å². The third-order valence-electron chi connectivity index (χ3n) is 2.57. The van der Waals surface area contributed by atoms with E-state index in [0.29, 0.717) is 0 Å².